The summed E-state index contributed by atoms with van der Waals surface area (Å²) in [6.07, 6.45) is 0. The summed E-state index contributed by atoms with van der Waals surface area (Å²) in [5.41, 5.74) is 0.126. The van der Waals surface area contributed by atoms with Crippen LogP contribution < -0.4 is 5.32 Å². The van der Waals surface area contributed by atoms with E-state index in [9.17, 15) is 24.5 Å². The van der Waals surface area contributed by atoms with Crippen molar-refractivity contribution in [2.75, 3.05) is 13.2 Å². The van der Waals surface area contributed by atoms with Crippen molar-refractivity contribution >= 4 is 34.9 Å². The van der Waals surface area contributed by atoms with E-state index in [0.29, 0.717) is 10.6 Å². The molecule has 2 aromatic rings. The number of non-ortho nitro benzene ring substituents is 1. The number of amides is 1. The molecule has 26 heavy (non-hydrogen) atoms. The van der Waals surface area contributed by atoms with Gasteiger partial charge in [0.2, 0.25) is 0 Å². The molecule has 0 bridgehead atoms. The van der Waals surface area contributed by atoms with Gasteiger partial charge in [0.1, 0.15) is 6.54 Å². The number of carbonyl (C=O) groups excluding carboxylic acids is 3. The number of rotatable bonds is 7. The summed E-state index contributed by atoms with van der Waals surface area (Å²) in [4.78, 5) is 45.4. The Kier molecular flexibility index (Phi) is 6.40. The molecule has 0 heterocycles. The zero-order valence-corrected chi connectivity index (χ0v) is 14.1. The number of hydrogen-bond acceptors (Lipinski definition) is 6. The highest BCUT2D eigenvalue weighted by atomic mass is 35.5. The molecule has 0 aromatic heterocycles. The van der Waals surface area contributed by atoms with E-state index in [-0.39, 0.29) is 11.3 Å². The van der Waals surface area contributed by atoms with Gasteiger partial charge in [0.15, 0.2) is 12.4 Å². The Balaban J connectivity index is 1.82. The molecule has 2 aromatic carbocycles. The number of benzene rings is 2. The van der Waals surface area contributed by atoms with E-state index >= 15 is 0 Å². The molecule has 0 fully saturated rings. The van der Waals surface area contributed by atoms with E-state index in [0.717, 1.165) is 6.07 Å². The Morgan fingerprint density at radius 3 is 2.42 bits per heavy atom. The second-order valence-electron chi connectivity index (χ2n) is 5.08. The van der Waals surface area contributed by atoms with Gasteiger partial charge in [-0.05, 0) is 30.3 Å². The number of nitrogens with one attached hydrogen (secondary N) is 1. The van der Waals surface area contributed by atoms with E-state index in [1.165, 1.54) is 42.5 Å². The van der Waals surface area contributed by atoms with Crippen molar-refractivity contribution in [1.29, 1.82) is 0 Å². The molecule has 0 unspecified atom stereocenters. The molecule has 1 N–H and O–H groups in total. The van der Waals surface area contributed by atoms with E-state index in [1.54, 1.807) is 0 Å². The van der Waals surface area contributed by atoms with Crippen molar-refractivity contribution in [3.8, 4) is 0 Å². The molecule has 0 aliphatic heterocycles. The highest BCUT2D eigenvalue weighted by molar-refractivity contribution is 6.30. The summed E-state index contributed by atoms with van der Waals surface area (Å²) in [5, 5.41) is 13.4. The first-order valence-corrected chi connectivity index (χ1v) is 7.71. The Morgan fingerprint density at radius 1 is 1.08 bits per heavy atom. The van der Waals surface area contributed by atoms with E-state index in [1.807, 2.05) is 0 Å². The van der Waals surface area contributed by atoms with Crippen LogP contribution in [0.3, 0.4) is 0 Å². The highest BCUT2D eigenvalue weighted by Crippen LogP contribution is 2.13. The molecule has 9 heteroatoms. The smallest absolute Gasteiger partial charge is 0.325 e. The lowest BCUT2D eigenvalue weighted by atomic mass is 10.1. The number of esters is 1. The first-order valence-electron chi connectivity index (χ1n) is 7.34. The Morgan fingerprint density at radius 2 is 1.77 bits per heavy atom. The third-order valence-electron chi connectivity index (χ3n) is 3.24. The van der Waals surface area contributed by atoms with Crippen molar-refractivity contribution < 1.29 is 24.0 Å². The zero-order valence-electron chi connectivity index (χ0n) is 13.3. The highest BCUT2D eigenvalue weighted by Gasteiger charge is 2.14. The van der Waals surface area contributed by atoms with Crippen LogP contribution in [0.1, 0.15) is 20.7 Å². The third kappa shape index (κ3) is 5.38. The topological polar surface area (TPSA) is 116 Å². The van der Waals surface area contributed by atoms with E-state index in [2.05, 4.69) is 5.32 Å². The van der Waals surface area contributed by atoms with Gasteiger partial charge < -0.3 is 10.1 Å². The molecule has 1 amide bonds. The minimum absolute atomic E-state index is 0.0317. The molecule has 2 rings (SSSR count). The normalized spacial score (nSPS) is 10.0. The summed E-state index contributed by atoms with van der Waals surface area (Å²) >= 11 is 5.72. The number of hydrogen-bond donors (Lipinski definition) is 1. The molecule has 0 spiro atoms. The second kappa shape index (κ2) is 8.72. The van der Waals surface area contributed by atoms with Crippen molar-refractivity contribution in [1.82, 2.24) is 5.32 Å². The van der Waals surface area contributed by atoms with Crippen LogP contribution in [-0.4, -0.2) is 35.7 Å². The van der Waals surface area contributed by atoms with E-state index < -0.39 is 35.7 Å². The predicted molar refractivity (Wildman–Crippen MR) is 92.2 cm³/mol. The van der Waals surface area contributed by atoms with Crippen LogP contribution in [0.15, 0.2) is 48.5 Å². The zero-order chi connectivity index (χ0) is 19.1. The number of ether oxygens (including phenoxy) is 1. The quantitative estimate of drug-likeness (QED) is 0.343. The van der Waals surface area contributed by atoms with Gasteiger partial charge in [-0.25, -0.2) is 0 Å². The molecule has 0 saturated heterocycles. The minimum Gasteiger partial charge on any atom is -0.456 e. The summed E-state index contributed by atoms with van der Waals surface area (Å²) < 4.78 is 4.79. The molecule has 134 valence electrons. The second-order valence-corrected chi connectivity index (χ2v) is 5.52. The van der Waals surface area contributed by atoms with Crippen molar-refractivity contribution in [3.63, 3.8) is 0 Å². The first kappa shape index (κ1) is 19.1. The standard InChI is InChI=1S/C17H13ClN2O6/c18-13-6-4-11(5-7-13)15(21)10-26-16(22)9-19-17(23)12-2-1-3-14(8-12)20(24)25/h1-8H,9-10H2,(H,19,23). The molecule has 0 radical (unpaired) electrons. The Hall–Kier alpha value is -3.26. The van der Waals surface area contributed by atoms with Gasteiger partial charge in [0.25, 0.3) is 11.6 Å². The fourth-order valence-corrected chi connectivity index (χ4v) is 2.06. The number of nitro groups is 1. The number of carbonyl (C=O) groups is 3. The van der Waals surface area contributed by atoms with Crippen molar-refractivity contribution in [2.45, 2.75) is 0 Å². The van der Waals surface area contributed by atoms with Gasteiger partial charge in [-0.15, -0.1) is 0 Å². The van der Waals surface area contributed by atoms with Gasteiger partial charge in [0, 0.05) is 28.3 Å². The minimum atomic E-state index is -0.814. The van der Waals surface area contributed by atoms with Crippen molar-refractivity contribution in [2.24, 2.45) is 0 Å². The van der Waals surface area contributed by atoms with Gasteiger partial charge >= 0.3 is 5.97 Å². The average Bonchev–Trinajstić information content (AvgIpc) is 2.64. The fraction of sp³-hybridized carbons (Fsp3) is 0.118. The lowest BCUT2D eigenvalue weighted by molar-refractivity contribution is -0.384. The maximum Gasteiger partial charge on any atom is 0.325 e. The van der Waals surface area contributed by atoms with Gasteiger partial charge in [-0.3, -0.25) is 24.5 Å². The van der Waals surface area contributed by atoms with Crippen LogP contribution in [0.4, 0.5) is 5.69 Å². The van der Waals surface area contributed by atoms with Crippen LogP contribution in [0.2, 0.25) is 5.02 Å². The fourth-order valence-electron chi connectivity index (χ4n) is 1.93. The number of halogens is 1. The van der Waals surface area contributed by atoms with Gasteiger partial charge in [-0.2, -0.15) is 0 Å². The molecular weight excluding hydrogens is 364 g/mol. The number of Topliss-reactive ketones (excluding diaryl/α,β-unsaturated/α-hetero) is 1. The SMILES string of the molecule is O=C(CNC(=O)c1cccc([N+](=O)[O-])c1)OCC(=O)c1ccc(Cl)cc1. The van der Waals surface area contributed by atoms with Crippen molar-refractivity contribution in [3.05, 3.63) is 74.8 Å². The lowest BCUT2D eigenvalue weighted by Crippen LogP contribution is -2.31. The Labute approximate surface area is 152 Å². The average molecular weight is 377 g/mol. The third-order valence-corrected chi connectivity index (χ3v) is 3.49. The summed E-state index contributed by atoms with van der Waals surface area (Å²) in [5.74, 6) is -1.90. The van der Waals surface area contributed by atoms with Gasteiger partial charge in [-0.1, -0.05) is 17.7 Å². The van der Waals surface area contributed by atoms with Crippen LogP contribution in [-0.2, 0) is 9.53 Å². The lowest BCUT2D eigenvalue weighted by Gasteiger charge is -2.06. The Bertz CT molecular complexity index is 851. The molecule has 0 saturated carbocycles. The monoisotopic (exact) mass is 376 g/mol. The van der Waals surface area contributed by atoms with Crippen LogP contribution in [0.5, 0.6) is 0 Å². The molecule has 0 aliphatic rings. The summed E-state index contributed by atoms with van der Waals surface area (Å²) in [6, 6.07) is 11.1. The first-order chi connectivity index (χ1) is 12.4. The summed E-state index contributed by atoms with van der Waals surface area (Å²) in [7, 11) is 0. The maximum atomic E-state index is 11.9. The molecular formula is C17H13ClN2O6. The number of nitrogens with zero attached hydrogens (tertiary/aromatic N) is 1. The maximum absolute atomic E-state index is 11.9. The molecule has 8 nitrogen and oxygen atoms in total. The molecule has 0 atom stereocenters. The number of nitro benzene ring substituents is 1. The summed E-state index contributed by atoms with van der Waals surface area (Å²) in [6.45, 7) is -0.956. The van der Waals surface area contributed by atoms with Crippen LogP contribution >= 0.6 is 11.6 Å². The number of ketones is 1. The largest absolute Gasteiger partial charge is 0.456 e. The van der Waals surface area contributed by atoms with Gasteiger partial charge in [0.05, 0.1) is 4.92 Å². The van der Waals surface area contributed by atoms with Crippen LogP contribution in [0.25, 0.3) is 0 Å². The molecule has 0 aliphatic carbocycles. The van der Waals surface area contributed by atoms with Crippen LogP contribution in [0, 0.1) is 10.1 Å². The predicted octanol–water partition coefficient (Wildman–Crippen LogP) is 2.40. The van der Waals surface area contributed by atoms with E-state index in [4.69, 9.17) is 16.3 Å².